The maximum absolute atomic E-state index is 12.3. The second-order valence-electron chi connectivity index (χ2n) is 5.02. The third-order valence-electron chi connectivity index (χ3n) is 3.13. The highest BCUT2D eigenvalue weighted by Gasteiger charge is 2.30. The standard InChI is InChI=1S/C13H24N2O2/c1-14(2)10-15(3)13(16)12-8-6-5-7-11(12)9-17-4/h5-6,11-12H,7-10H2,1-4H3. The van der Waals surface area contributed by atoms with Gasteiger partial charge in [0.2, 0.25) is 5.91 Å². The van der Waals surface area contributed by atoms with E-state index in [1.807, 2.05) is 26.0 Å². The van der Waals surface area contributed by atoms with E-state index in [9.17, 15) is 4.79 Å². The quantitative estimate of drug-likeness (QED) is 0.534. The first-order chi connectivity index (χ1) is 8.06. The van der Waals surface area contributed by atoms with Gasteiger partial charge in [0.1, 0.15) is 0 Å². The molecule has 0 aliphatic heterocycles. The maximum Gasteiger partial charge on any atom is 0.227 e. The Hall–Kier alpha value is -0.870. The Labute approximate surface area is 104 Å². The molecular formula is C13H24N2O2. The number of ether oxygens (including phenoxy) is 1. The SMILES string of the molecule is COCC1CC=CCC1C(=O)N(C)CN(C)C. The number of allylic oxidation sites excluding steroid dienone is 2. The molecule has 0 aromatic rings. The van der Waals surface area contributed by atoms with Crippen molar-refractivity contribution in [1.29, 1.82) is 0 Å². The van der Waals surface area contributed by atoms with Crippen molar-refractivity contribution in [2.75, 3.05) is 41.5 Å². The summed E-state index contributed by atoms with van der Waals surface area (Å²) in [7, 11) is 7.50. The van der Waals surface area contributed by atoms with Crippen molar-refractivity contribution in [2.24, 2.45) is 11.8 Å². The molecule has 4 nitrogen and oxygen atoms in total. The Morgan fingerprint density at radius 1 is 1.29 bits per heavy atom. The summed E-state index contributed by atoms with van der Waals surface area (Å²) < 4.78 is 5.21. The summed E-state index contributed by atoms with van der Waals surface area (Å²) in [6, 6.07) is 0. The molecule has 0 fully saturated rings. The Kier molecular flexibility index (Phi) is 5.65. The lowest BCUT2D eigenvalue weighted by Crippen LogP contribution is -2.42. The molecule has 4 heteroatoms. The van der Waals surface area contributed by atoms with Crippen LogP contribution in [-0.4, -0.2) is 57.2 Å². The average Bonchev–Trinajstić information content (AvgIpc) is 2.28. The summed E-state index contributed by atoms with van der Waals surface area (Å²) in [6.07, 6.45) is 6.04. The normalized spacial score (nSPS) is 24.1. The number of nitrogens with zero attached hydrogens (tertiary/aromatic N) is 2. The molecule has 0 heterocycles. The predicted molar refractivity (Wildman–Crippen MR) is 68.6 cm³/mol. The lowest BCUT2D eigenvalue weighted by atomic mass is 9.82. The first-order valence-electron chi connectivity index (χ1n) is 6.10. The van der Waals surface area contributed by atoms with Gasteiger partial charge in [-0.05, 0) is 32.9 Å². The number of carbonyl (C=O) groups excluding carboxylic acids is 1. The van der Waals surface area contributed by atoms with E-state index in [4.69, 9.17) is 4.74 Å². The highest BCUT2D eigenvalue weighted by atomic mass is 16.5. The topological polar surface area (TPSA) is 32.8 Å². The number of hydrogen-bond acceptors (Lipinski definition) is 3. The molecule has 0 bridgehead atoms. The van der Waals surface area contributed by atoms with Crippen LogP contribution in [0.2, 0.25) is 0 Å². The Morgan fingerprint density at radius 2 is 1.94 bits per heavy atom. The minimum Gasteiger partial charge on any atom is -0.384 e. The smallest absolute Gasteiger partial charge is 0.227 e. The van der Waals surface area contributed by atoms with Crippen LogP contribution in [-0.2, 0) is 9.53 Å². The molecule has 1 aliphatic rings. The summed E-state index contributed by atoms with van der Waals surface area (Å²) in [6.45, 7) is 1.33. The largest absolute Gasteiger partial charge is 0.384 e. The monoisotopic (exact) mass is 240 g/mol. The van der Waals surface area contributed by atoms with Gasteiger partial charge in [0.25, 0.3) is 0 Å². The lowest BCUT2D eigenvalue weighted by Gasteiger charge is -2.31. The van der Waals surface area contributed by atoms with Gasteiger partial charge in [-0.1, -0.05) is 12.2 Å². The van der Waals surface area contributed by atoms with Crippen LogP contribution in [0.4, 0.5) is 0 Å². The Morgan fingerprint density at radius 3 is 2.53 bits per heavy atom. The van der Waals surface area contributed by atoms with Crippen LogP contribution in [0.5, 0.6) is 0 Å². The first kappa shape index (κ1) is 14.2. The fourth-order valence-corrected chi connectivity index (χ4v) is 2.35. The van der Waals surface area contributed by atoms with Gasteiger partial charge >= 0.3 is 0 Å². The van der Waals surface area contributed by atoms with Crippen molar-refractivity contribution in [2.45, 2.75) is 12.8 Å². The minimum absolute atomic E-state index is 0.0740. The van der Waals surface area contributed by atoms with Crippen molar-refractivity contribution < 1.29 is 9.53 Å². The summed E-state index contributed by atoms with van der Waals surface area (Å²) in [5, 5.41) is 0. The van der Waals surface area contributed by atoms with E-state index in [0.29, 0.717) is 19.2 Å². The zero-order valence-corrected chi connectivity index (χ0v) is 11.3. The maximum atomic E-state index is 12.3. The molecule has 98 valence electrons. The van der Waals surface area contributed by atoms with Crippen LogP contribution in [0, 0.1) is 11.8 Å². The Balaban J connectivity index is 2.61. The van der Waals surface area contributed by atoms with Crippen LogP contribution in [0.3, 0.4) is 0 Å². The van der Waals surface area contributed by atoms with Crippen molar-refractivity contribution in [3.63, 3.8) is 0 Å². The molecule has 1 aliphatic carbocycles. The molecule has 0 aromatic heterocycles. The third-order valence-corrected chi connectivity index (χ3v) is 3.13. The van der Waals surface area contributed by atoms with Crippen LogP contribution in [0.1, 0.15) is 12.8 Å². The number of amides is 1. The molecule has 1 amide bonds. The van der Waals surface area contributed by atoms with Gasteiger partial charge in [-0.3, -0.25) is 9.69 Å². The number of rotatable bonds is 5. The molecular weight excluding hydrogens is 216 g/mol. The second kappa shape index (κ2) is 6.77. The number of carbonyl (C=O) groups is 1. The van der Waals surface area contributed by atoms with Crippen LogP contribution in [0.25, 0.3) is 0 Å². The second-order valence-corrected chi connectivity index (χ2v) is 5.02. The Bertz CT molecular complexity index is 277. The van der Waals surface area contributed by atoms with Gasteiger partial charge < -0.3 is 9.64 Å². The van der Waals surface area contributed by atoms with Crippen molar-refractivity contribution >= 4 is 5.91 Å². The van der Waals surface area contributed by atoms with Gasteiger partial charge in [0.05, 0.1) is 13.3 Å². The van der Waals surface area contributed by atoms with E-state index >= 15 is 0 Å². The van der Waals surface area contributed by atoms with Crippen LogP contribution in [0.15, 0.2) is 12.2 Å². The summed E-state index contributed by atoms with van der Waals surface area (Å²) in [4.78, 5) is 16.1. The van der Waals surface area contributed by atoms with Gasteiger partial charge in [-0.2, -0.15) is 0 Å². The van der Waals surface area contributed by atoms with Crippen molar-refractivity contribution in [3.8, 4) is 0 Å². The van der Waals surface area contributed by atoms with E-state index in [-0.39, 0.29) is 11.8 Å². The van der Waals surface area contributed by atoms with E-state index in [1.54, 1.807) is 12.0 Å². The van der Waals surface area contributed by atoms with Gasteiger partial charge in [-0.15, -0.1) is 0 Å². The van der Waals surface area contributed by atoms with Gasteiger partial charge in [0.15, 0.2) is 0 Å². The summed E-state index contributed by atoms with van der Waals surface area (Å²) >= 11 is 0. The van der Waals surface area contributed by atoms with Gasteiger partial charge in [-0.25, -0.2) is 0 Å². The third kappa shape index (κ3) is 4.13. The van der Waals surface area contributed by atoms with Crippen molar-refractivity contribution in [3.05, 3.63) is 12.2 Å². The fraction of sp³-hybridized carbons (Fsp3) is 0.769. The molecule has 17 heavy (non-hydrogen) atoms. The lowest BCUT2D eigenvalue weighted by molar-refractivity contribution is -0.138. The van der Waals surface area contributed by atoms with Crippen LogP contribution >= 0.6 is 0 Å². The molecule has 2 atom stereocenters. The molecule has 1 rings (SSSR count). The molecule has 0 saturated heterocycles. The zero-order chi connectivity index (χ0) is 12.8. The first-order valence-corrected chi connectivity index (χ1v) is 6.10. The van der Waals surface area contributed by atoms with E-state index in [1.165, 1.54) is 0 Å². The summed E-state index contributed by atoms with van der Waals surface area (Å²) in [5.41, 5.74) is 0. The minimum atomic E-state index is 0.0740. The van der Waals surface area contributed by atoms with E-state index < -0.39 is 0 Å². The summed E-state index contributed by atoms with van der Waals surface area (Å²) in [5.74, 6) is 0.622. The average molecular weight is 240 g/mol. The van der Waals surface area contributed by atoms with Gasteiger partial charge in [0, 0.05) is 20.1 Å². The molecule has 2 unspecified atom stereocenters. The van der Waals surface area contributed by atoms with E-state index in [2.05, 4.69) is 12.2 Å². The zero-order valence-electron chi connectivity index (χ0n) is 11.3. The highest BCUT2D eigenvalue weighted by molar-refractivity contribution is 5.79. The number of hydrogen-bond donors (Lipinski definition) is 0. The molecule has 0 spiro atoms. The van der Waals surface area contributed by atoms with Crippen molar-refractivity contribution in [1.82, 2.24) is 9.80 Å². The highest BCUT2D eigenvalue weighted by Crippen LogP contribution is 2.27. The fourth-order valence-electron chi connectivity index (χ4n) is 2.35. The van der Waals surface area contributed by atoms with Crippen LogP contribution < -0.4 is 0 Å². The molecule has 0 saturated carbocycles. The molecule has 0 aromatic carbocycles. The van der Waals surface area contributed by atoms with E-state index in [0.717, 1.165) is 12.8 Å². The molecule has 0 radical (unpaired) electrons. The number of methoxy groups -OCH3 is 1. The predicted octanol–water partition coefficient (Wildman–Crippen LogP) is 1.19. The molecule has 0 N–H and O–H groups in total.